The lowest BCUT2D eigenvalue weighted by atomic mass is 10.0. The summed E-state index contributed by atoms with van der Waals surface area (Å²) in [7, 11) is 0. The highest BCUT2D eigenvalue weighted by Gasteiger charge is 2.09. The third-order valence-electron chi connectivity index (χ3n) is 2.57. The zero-order chi connectivity index (χ0) is 12.3. The summed E-state index contributed by atoms with van der Waals surface area (Å²) >= 11 is 11.0. The molecule has 1 aromatic carbocycles. The predicted octanol–water partition coefficient (Wildman–Crippen LogP) is 4.83. The van der Waals surface area contributed by atoms with E-state index >= 15 is 0 Å². The Morgan fingerprint density at radius 2 is 2.18 bits per heavy atom. The molecule has 0 aliphatic carbocycles. The van der Waals surface area contributed by atoms with Crippen molar-refractivity contribution in [3.8, 4) is 0 Å². The first-order valence-corrected chi connectivity index (χ1v) is 7.37. The Labute approximate surface area is 118 Å². The number of hydrogen-bond donors (Lipinski definition) is 1. The number of halogens is 2. The van der Waals surface area contributed by atoms with Crippen molar-refractivity contribution in [2.24, 2.45) is 0 Å². The number of aliphatic hydroxyl groups excluding tert-OH is 1. The van der Waals surface area contributed by atoms with Crippen LogP contribution in [0.3, 0.4) is 0 Å². The number of rotatable bonds is 4. The van der Waals surface area contributed by atoms with Crippen molar-refractivity contribution in [2.75, 3.05) is 0 Å². The van der Waals surface area contributed by atoms with Gasteiger partial charge < -0.3 is 5.11 Å². The molecule has 0 aliphatic rings. The highest BCUT2D eigenvalue weighted by molar-refractivity contribution is 9.10. The molecule has 17 heavy (non-hydrogen) atoms. The molecule has 1 aromatic heterocycles. The summed E-state index contributed by atoms with van der Waals surface area (Å²) < 4.78 is 0.826. The quantitative estimate of drug-likeness (QED) is 0.850. The van der Waals surface area contributed by atoms with E-state index in [0.29, 0.717) is 5.02 Å². The average molecular weight is 332 g/mol. The van der Waals surface area contributed by atoms with Crippen molar-refractivity contribution in [3.05, 3.63) is 55.6 Å². The maximum atomic E-state index is 10.1. The molecule has 0 radical (unpaired) electrons. The van der Waals surface area contributed by atoms with Crippen LogP contribution in [0.2, 0.25) is 5.02 Å². The van der Waals surface area contributed by atoms with Crippen molar-refractivity contribution in [2.45, 2.75) is 18.9 Å². The smallest absolute Gasteiger partial charge is 0.0793 e. The molecule has 2 aromatic rings. The number of aryl methyl sites for hydroxylation is 1. The molecule has 1 nitrogen and oxygen atoms in total. The summed E-state index contributed by atoms with van der Waals surface area (Å²) in [6.45, 7) is 0. The van der Waals surface area contributed by atoms with Gasteiger partial charge in [-0.2, -0.15) is 0 Å². The number of aliphatic hydroxyl groups is 1. The molecular formula is C13H12BrClOS. The van der Waals surface area contributed by atoms with Gasteiger partial charge in [-0.25, -0.2) is 0 Å². The van der Waals surface area contributed by atoms with Gasteiger partial charge in [0.25, 0.3) is 0 Å². The molecule has 4 heteroatoms. The molecule has 0 saturated carbocycles. The Bertz CT molecular complexity index is 484. The molecule has 0 bridgehead atoms. The molecule has 1 unspecified atom stereocenters. The van der Waals surface area contributed by atoms with E-state index in [1.54, 1.807) is 17.4 Å². The lowest BCUT2D eigenvalue weighted by molar-refractivity contribution is 0.168. The first-order chi connectivity index (χ1) is 8.16. The summed E-state index contributed by atoms with van der Waals surface area (Å²) in [6.07, 6.45) is 1.19. The van der Waals surface area contributed by atoms with E-state index in [1.165, 1.54) is 4.88 Å². The minimum absolute atomic E-state index is 0.439. The fourth-order valence-corrected chi connectivity index (χ4v) is 2.86. The fraction of sp³-hybridized carbons (Fsp3) is 0.231. The van der Waals surface area contributed by atoms with Crippen molar-refractivity contribution < 1.29 is 5.11 Å². The summed E-state index contributed by atoms with van der Waals surface area (Å²) in [5.74, 6) is 0. The van der Waals surface area contributed by atoms with Gasteiger partial charge in [0.15, 0.2) is 0 Å². The van der Waals surface area contributed by atoms with Gasteiger partial charge in [0.1, 0.15) is 0 Å². The summed E-state index contributed by atoms with van der Waals surface area (Å²) in [4.78, 5) is 1.30. The zero-order valence-corrected chi connectivity index (χ0v) is 12.2. The lowest BCUT2D eigenvalue weighted by Crippen LogP contribution is -1.99. The van der Waals surface area contributed by atoms with E-state index in [0.717, 1.165) is 22.9 Å². The summed E-state index contributed by atoms with van der Waals surface area (Å²) in [5.41, 5.74) is 0.901. The van der Waals surface area contributed by atoms with E-state index < -0.39 is 6.10 Å². The Morgan fingerprint density at radius 3 is 2.82 bits per heavy atom. The van der Waals surface area contributed by atoms with Gasteiger partial charge in [-0.1, -0.05) is 23.7 Å². The van der Waals surface area contributed by atoms with Gasteiger partial charge in [-0.3, -0.25) is 0 Å². The van der Waals surface area contributed by atoms with E-state index in [-0.39, 0.29) is 0 Å². The second kappa shape index (κ2) is 6.01. The van der Waals surface area contributed by atoms with Crippen LogP contribution in [0.1, 0.15) is 23.0 Å². The largest absolute Gasteiger partial charge is 0.388 e. The first kappa shape index (κ1) is 13.1. The molecule has 0 fully saturated rings. The van der Waals surface area contributed by atoms with Crippen LogP contribution in [0.25, 0.3) is 0 Å². The third-order valence-corrected chi connectivity index (χ3v) is 4.72. The van der Waals surface area contributed by atoms with Crippen LogP contribution in [0.4, 0.5) is 0 Å². The van der Waals surface area contributed by atoms with Gasteiger partial charge in [-0.15, -0.1) is 11.3 Å². The minimum atomic E-state index is -0.439. The maximum Gasteiger partial charge on any atom is 0.0793 e. The fourth-order valence-electron chi connectivity index (χ4n) is 1.62. The highest BCUT2D eigenvalue weighted by atomic mass is 79.9. The maximum absolute atomic E-state index is 10.1. The molecule has 0 aliphatic heterocycles. The van der Waals surface area contributed by atoms with E-state index in [4.69, 9.17) is 11.6 Å². The topological polar surface area (TPSA) is 20.2 Å². The molecule has 1 N–H and O–H groups in total. The van der Waals surface area contributed by atoms with E-state index in [1.807, 2.05) is 18.2 Å². The van der Waals surface area contributed by atoms with Gasteiger partial charge in [0, 0.05) is 9.35 Å². The second-order valence-electron chi connectivity index (χ2n) is 3.81. The molecule has 0 amide bonds. The Kier molecular flexibility index (Phi) is 4.62. The predicted molar refractivity (Wildman–Crippen MR) is 76.8 cm³/mol. The van der Waals surface area contributed by atoms with Gasteiger partial charge in [0.2, 0.25) is 0 Å². The highest BCUT2D eigenvalue weighted by Crippen LogP contribution is 2.28. The minimum Gasteiger partial charge on any atom is -0.388 e. The van der Waals surface area contributed by atoms with Gasteiger partial charge >= 0.3 is 0 Å². The van der Waals surface area contributed by atoms with Crippen LogP contribution < -0.4 is 0 Å². The van der Waals surface area contributed by atoms with Crippen LogP contribution in [-0.4, -0.2) is 5.11 Å². The van der Waals surface area contributed by atoms with E-state index in [2.05, 4.69) is 27.4 Å². The number of thiophene rings is 1. The normalized spacial score (nSPS) is 12.6. The average Bonchev–Trinajstić information content (AvgIpc) is 2.82. The van der Waals surface area contributed by atoms with Crippen molar-refractivity contribution in [1.82, 2.24) is 0 Å². The van der Waals surface area contributed by atoms with Crippen LogP contribution in [0.15, 0.2) is 40.2 Å². The monoisotopic (exact) mass is 330 g/mol. The standard InChI is InChI=1S/C13H12BrClOS/c14-11-8-9(3-5-12(11)15)13(16)6-4-10-2-1-7-17-10/h1-3,5,7-8,13,16H,4,6H2. The van der Waals surface area contributed by atoms with Crippen LogP contribution in [0.5, 0.6) is 0 Å². The Morgan fingerprint density at radius 1 is 1.35 bits per heavy atom. The first-order valence-electron chi connectivity index (χ1n) is 5.32. The van der Waals surface area contributed by atoms with Crippen molar-refractivity contribution in [3.63, 3.8) is 0 Å². The molecule has 1 atom stereocenters. The molecule has 2 rings (SSSR count). The summed E-state index contributed by atoms with van der Waals surface area (Å²) in [5, 5.41) is 12.8. The number of benzene rings is 1. The molecule has 90 valence electrons. The molecule has 0 saturated heterocycles. The van der Waals surface area contributed by atoms with Crippen LogP contribution in [-0.2, 0) is 6.42 Å². The number of hydrogen-bond acceptors (Lipinski definition) is 2. The molecular weight excluding hydrogens is 320 g/mol. The van der Waals surface area contributed by atoms with Crippen molar-refractivity contribution in [1.29, 1.82) is 0 Å². The van der Waals surface area contributed by atoms with Crippen LogP contribution >= 0.6 is 38.9 Å². The summed E-state index contributed by atoms with van der Waals surface area (Å²) in [6, 6.07) is 9.67. The third kappa shape index (κ3) is 3.55. The van der Waals surface area contributed by atoms with Crippen LogP contribution in [0, 0.1) is 0 Å². The lowest BCUT2D eigenvalue weighted by Gasteiger charge is -2.11. The Hall–Kier alpha value is -0.350. The molecule has 1 heterocycles. The molecule has 0 spiro atoms. The Balaban J connectivity index is 1.99. The zero-order valence-electron chi connectivity index (χ0n) is 9.07. The van der Waals surface area contributed by atoms with Gasteiger partial charge in [0.05, 0.1) is 11.1 Å². The second-order valence-corrected chi connectivity index (χ2v) is 6.10. The SMILES string of the molecule is OC(CCc1cccs1)c1ccc(Cl)c(Br)c1. The van der Waals surface area contributed by atoms with Crippen molar-refractivity contribution >= 4 is 38.9 Å². The van der Waals surface area contributed by atoms with E-state index in [9.17, 15) is 5.11 Å². The van der Waals surface area contributed by atoms with Gasteiger partial charge in [-0.05, 0) is 57.9 Å².